The minimum absolute atomic E-state index is 0.0334. The highest BCUT2D eigenvalue weighted by atomic mass is 32.1. The minimum Gasteiger partial charge on any atom is -0.382 e. The number of hydrogen-bond donors (Lipinski definition) is 2. The molecule has 0 bridgehead atoms. The molecular weight excluding hydrogens is 278 g/mol. The van der Waals surface area contributed by atoms with Crippen molar-refractivity contribution in [2.24, 2.45) is 0 Å². The van der Waals surface area contributed by atoms with Gasteiger partial charge in [0.1, 0.15) is 10.7 Å². The molecule has 7 nitrogen and oxygen atoms in total. The maximum atomic E-state index is 12.0. The molecule has 1 rings (SSSR count). The summed E-state index contributed by atoms with van der Waals surface area (Å²) in [6.45, 7) is 3.06. The molecule has 0 aliphatic carbocycles. The summed E-state index contributed by atoms with van der Waals surface area (Å²) in [4.78, 5) is 31.3. The Morgan fingerprint density at radius 1 is 1.35 bits per heavy atom. The van der Waals surface area contributed by atoms with Crippen molar-refractivity contribution in [1.29, 1.82) is 0 Å². The van der Waals surface area contributed by atoms with Gasteiger partial charge in [0, 0.05) is 40.7 Å². The molecule has 3 N–H and O–H groups in total. The van der Waals surface area contributed by atoms with Crippen molar-refractivity contribution in [3.05, 3.63) is 4.88 Å². The molecule has 1 aromatic heterocycles. The topological polar surface area (TPSA) is 91.6 Å². The van der Waals surface area contributed by atoms with Crippen LogP contribution in [0.4, 0.5) is 10.9 Å². The van der Waals surface area contributed by atoms with E-state index in [1.54, 1.807) is 14.1 Å². The molecule has 0 unspecified atom stereocenters. The summed E-state index contributed by atoms with van der Waals surface area (Å²) in [5.74, 6) is -0.0990. The lowest BCUT2D eigenvalue weighted by atomic mass is 10.3. The third kappa shape index (κ3) is 4.09. The number of nitrogens with one attached hydrogen (secondary N) is 1. The lowest BCUT2D eigenvalue weighted by Gasteiger charge is -2.11. The smallest absolute Gasteiger partial charge is 0.265 e. The lowest BCUT2D eigenvalue weighted by Crippen LogP contribution is -2.30. The number of rotatable bonds is 6. The fraction of sp³-hybridized carbons (Fsp3) is 0.583. The second-order valence-corrected chi connectivity index (χ2v) is 5.50. The molecule has 0 aliphatic rings. The van der Waals surface area contributed by atoms with Gasteiger partial charge in [-0.1, -0.05) is 11.3 Å². The van der Waals surface area contributed by atoms with Crippen LogP contribution in [0.5, 0.6) is 0 Å². The highest BCUT2D eigenvalue weighted by molar-refractivity contribution is 7.18. The van der Waals surface area contributed by atoms with Gasteiger partial charge in [-0.3, -0.25) is 9.59 Å². The van der Waals surface area contributed by atoms with Gasteiger partial charge in [-0.15, -0.1) is 0 Å². The van der Waals surface area contributed by atoms with E-state index in [0.29, 0.717) is 10.0 Å². The molecule has 0 radical (unpaired) electrons. The van der Waals surface area contributed by atoms with Crippen molar-refractivity contribution in [1.82, 2.24) is 15.2 Å². The van der Waals surface area contributed by atoms with E-state index in [-0.39, 0.29) is 30.6 Å². The number of anilines is 2. The van der Waals surface area contributed by atoms with E-state index in [9.17, 15) is 9.59 Å². The number of nitrogens with two attached hydrogens (primary N) is 1. The fourth-order valence-electron chi connectivity index (χ4n) is 1.37. The molecule has 8 heteroatoms. The molecule has 20 heavy (non-hydrogen) atoms. The van der Waals surface area contributed by atoms with Gasteiger partial charge in [0.05, 0.1) is 0 Å². The number of thiazole rings is 1. The summed E-state index contributed by atoms with van der Waals surface area (Å²) in [5.41, 5.74) is 5.75. The van der Waals surface area contributed by atoms with Gasteiger partial charge in [-0.25, -0.2) is 4.98 Å². The molecule has 0 aliphatic heterocycles. The van der Waals surface area contributed by atoms with Gasteiger partial charge in [-0.05, 0) is 6.92 Å². The van der Waals surface area contributed by atoms with E-state index < -0.39 is 0 Å². The molecule has 0 saturated carbocycles. The number of amides is 2. The van der Waals surface area contributed by atoms with Crippen LogP contribution in [0.2, 0.25) is 0 Å². The molecule has 2 amide bonds. The number of hydrogen-bond acceptors (Lipinski definition) is 6. The van der Waals surface area contributed by atoms with E-state index in [1.165, 1.54) is 16.2 Å². The Morgan fingerprint density at radius 2 is 2.00 bits per heavy atom. The Labute approximate surface area is 122 Å². The van der Waals surface area contributed by atoms with E-state index in [2.05, 4.69) is 10.3 Å². The second kappa shape index (κ2) is 7.09. The summed E-state index contributed by atoms with van der Waals surface area (Å²) >= 11 is 1.25. The standard InChI is InChI=1S/C12H21N5O2S/c1-5-17(4)12-15-10(13)9(20-12)11(19)14-7-6-8(18)16(2)3/h5-7,13H2,1-4H3,(H,14,19). The molecule has 0 spiro atoms. The number of carbonyl (C=O) groups is 2. The molecule has 0 aromatic carbocycles. The van der Waals surface area contributed by atoms with Crippen molar-refractivity contribution in [3.63, 3.8) is 0 Å². The molecule has 0 atom stereocenters. The number of aromatic nitrogens is 1. The molecule has 112 valence electrons. The minimum atomic E-state index is -0.290. The van der Waals surface area contributed by atoms with E-state index in [1.807, 2.05) is 18.9 Å². The second-order valence-electron chi connectivity index (χ2n) is 4.52. The number of nitrogen functional groups attached to an aromatic ring is 1. The van der Waals surface area contributed by atoms with E-state index in [0.717, 1.165) is 6.54 Å². The zero-order valence-electron chi connectivity index (χ0n) is 12.3. The average molecular weight is 299 g/mol. The fourth-order valence-corrected chi connectivity index (χ4v) is 2.29. The number of carbonyl (C=O) groups excluding carboxylic acids is 2. The van der Waals surface area contributed by atoms with E-state index in [4.69, 9.17) is 5.73 Å². The van der Waals surface area contributed by atoms with Crippen LogP contribution in [0.3, 0.4) is 0 Å². The van der Waals surface area contributed by atoms with Crippen LogP contribution in [0, 0.1) is 0 Å². The first-order valence-electron chi connectivity index (χ1n) is 6.32. The summed E-state index contributed by atoms with van der Waals surface area (Å²) in [6, 6.07) is 0. The Bertz CT molecular complexity index is 486. The first-order valence-corrected chi connectivity index (χ1v) is 7.14. The number of nitrogens with zero attached hydrogens (tertiary/aromatic N) is 3. The van der Waals surface area contributed by atoms with Crippen LogP contribution in [-0.4, -0.2) is 55.9 Å². The maximum Gasteiger partial charge on any atom is 0.265 e. The predicted octanol–water partition coefficient (Wildman–Crippen LogP) is 0.390. The first-order chi connectivity index (χ1) is 9.36. The maximum absolute atomic E-state index is 12.0. The van der Waals surface area contributed by atoms with Gasteiger partial charge in [-0.2, -0.15) is 0 Å². The highest BCUT2D eigenvalue weighted by Crippen LogP contribution is 2.27. The Kier molecular flexibility index (Phi) is 5.75. The molecule has 1 heterocycles. The van der Waals surface area contributed by atoms with Crippen LogP contribution >= 0.6 is 11.3 Å². The highest BCUT2D eigenvalue weighted by Gasteiger charge is 2.17. The van der Waals surface area contributed by atoms with Crippen LogP contribution in [0.25, 0.3) is 0 Å². The van der Waals surface area contributed by atoms with Gasteiger partial charge in [0.2, 0.25) is 5.91 Å². The Hall–Kier alpha value is -1.83. The summed E-state index contributed by atoms with van der Waals surface area (Å²) in [7, 11) is 5.24. The molecule has 1 aromatic rings. The van der Waals surface area contributed by atoms with E-state index >= 15 is 0 Å². The summed E-state index contributed by atoms with van der Waals surface area (Å²) in [5, 5.41) is 3.39. The van der Waals surface area contributed by atoms with Crippen LogP contribution < -0.4 is 16.0 Å². The summed E-state index contributed by atoms with van der Waals surface area (Å²) in [6.07, 6.45) is 0.263. The van der Waals surface area contributed by atoms with Crippen molar-refractivity contribution in [3.8, 4) is 0 Å². The van der Waals surface area contributed by atoms with Gasteiger partial charge < -0.3 is 20.9 Å². The third-order valence-corrected chi connectivity index (χ3v) is 3.96. The Morgan fingerprint density at radius 3 is 2.55 bits per heavy atom. The first kappa shape index (κ1) is 16.2. The van der Waals surface area contributed by atoms with Crippen molar-refractivity contribution in [2.75, 3.05) is 44.9 Å². The Balaban J connectivity index is 2.60. The van der Waals surface area contributed by atoms with Crippen molar-refractivity contribution in [2.45, 2.75) is 13.3 Å². The normalized spacial score (nSPS) is 10.2. The average Bonchev–Trinajstić information content (AvgIpc) is 2.79. The van der Waals surface area contributed by atoms with Crippen LogP contribution in [-0.2, 0) is 4.79 Å². The predicted molar refractivity (Wildman–Crippen MR) is 81.1 cm³/mol. The third-order valence-electron chi connectivity index (χ3n) is 2.77. The molecule has 0 fully saturated rings. The SMILES string of the molecule is CCN(C)c1nc(N)c(C(=O)NCCC(=O)N(C)C)s1. The molecule has 0 saturated heterocycles. The zero-order valence-corrected chi connectivity index (χ0v) is 13.1. The van der Waals surface area contributed by atoms with Gasteiger partial charge in [0.15, 0.2) is 5.13 Å². The van der Waals surface area contributed by atoms with Crippen LogP contribution in [0.1, 0.15) is 23.0 Å². The van der Waals surface area contributed by atoms with Gasteiger partial charge in [0.25, 0.3) is 5.91 Å². The molecular formula is C12H21N5O2S. The quantitative estimate of drug-likeness (QED) is 0.793. The zero-order chi connectivity index (χ0) is 15.3. The van der Waals surface area contributed by atoms with Crippen molar-refractivity contribution < 1.29 is 9.59 Å². The summed E-state index contributed by atoms with van der Waals surface area (Å²) < 4.78 is 0. The van der Waals surface area contributed by atoms with Crippen molar-refractivity contribution >= 4 is 34.1 Å². The van der Waals surface area contributed by atoms with Gasteiger partial charge >= 0.3 is 0 Å². The monoisotopic (exact) mass is 299 g/mol. The largest absolute Gasteiger partial charge is 0.382 e. The lowest BCUT2D eigenvalue weighted by molar-refractivity contribution is -0.128. The van der Waals surface area contributed by atoms with Crippen LogP contribution in [0.15, 0.2) is 0 Å².